The Balaban J connectivity index is 2.60. The molecule has 0 aromatic carbocycles. The molecule has 42 valence electrons. The molecule has 3 heteroatoms. The van der Waals surface area contributed by atoms with Crippen LogP contribution in [0.25, 0.3) is 0 Å². The van der Waals surface area contributed by atoms with Crippen molar-refractivity contribution in [2.24, 2.45) is 0 Å². The van der Waals surface area contributed by atoms with Crippen LogP contribution >= 0.6 is 0 Å². The summed E-state index contributed by atoms with van der Waals surface area (Å²) in [7, 11) is 0. The Kier molecular flexibility index (Phi) is 1.82. The topological polar surface area (TPSA) is 27.7 Å². The summed E-state index contributed by atoms with van der Waals surface area (Å²) in [5.41, 5.74) is 0. The van der Waals surface area contributed by atoms with E-state index in [4.69, 9.17) is 0 Å². The molecule has 3 nitrogen and oxygen atoms in total. The molecule has 0 N–H and O–H groups in total. The molecule has 1 heterocycles. The first-order chi connectivity index (χ1) is 4.50. The van der Waals surface area contributed by atoms with Gasteiger partial charge in [-0.2, -0.15) is 0 Å². The summed E-state index contributed by atoms with van der Waals surface area (Å²) < 4.78 is 12.9. The van der Waals surface area contributed by atoms with Crippen LogP contribution in [-0.4, -0.2) is 0 Å². The lowest BCUT2D eigenvalue weighted by Gasteiger charge is -1.70. The van der Waals surface area contributed by atoms with Gasteiger partial charge in [-0.3, -0.25) is 0 Å². The standard InChI is InChI=1S/C6O3/c1-2-8-5-6-9-4-3-7-1. The minimum atomic E-state index is 2.10. The average Bonchev–Trinajstić information content (AvgIpc) is 2.00. The Bertz CT molecular complexity index is 194. The number of hydrogen-bond donors (Lipinski definition) is 0. The van der Waals surface area contributed by atoms with Crippen LogP contribution in [0.3, 0.4) is 0 Å². The third-order valence-electron chi connectivity index (χ3n) is 0.431. The fraction of sp³-hybridized carbons (Fsp3) is 0. The van der Waals surface area contributed by atoms with E-state index in [-0.39, 0.29) is 0 Å². The fourth-order valence-electron chi connectivity index (χ4n) is 0.202. The second-order valence-electron chi connectivity index (χ2n) is 0.919. The zero-order valence-corrected chi connectivity index (χ0v) is 4.22. The molecule has 0 aliphatic carbocycles. The van der Waals surface area contributed by atoms with Gasteiger partial charge in [-0.1, -0.05) is 0 Å². The lowest BCUT2D eigenvalue weighted by Crippen LogP contribution is -1.67. The van der Waals surface area contributed by atoms with E-state index in [1.54, 1.807) is 0 Å². The van der Waals surface area contributed by atoms with Crippen LogP contribution in [0.5, 0.6) is 0 Å². The van der Waals surface area contributed by atoms with E-state index in [1.165, 1.54) is 0 Å². The van der Waals surface area contributed by atoms with Crippen LogP contribution in [0, 0.1) is 36.6 Å². The molecule has 0 saturated carbocycles. The van der Waals surface area contributed by atoms with Crippen LogP contribution < -0.4 is 0 Å². The molecule has 0 aromatic heterocycles. The van der Waals surface area contributed by atoms with Crippen molar-refractivity contribution in [1.29, 1.82) is 0 Å². The van der Waals surface area contributed by atoms with Crippen molar-refractivity contribution in [3.63, 3.8) is 0 Å². The molecule has 9 heavy (non-hydrogen) atoms. The molecule has 0 fully saturated rings. The highest BCUT2D eigenvalue weighted by molar-refractivity contribution is 4.98. The minimum absolute atomic E-state index is 2.10. The molecule has 0 aromatic rings. The predicted octanol–water partition coefficient (Wildman–Crippen LogP) is -0.195. The van der Waals surface area contributed by atoms with Gasteiger partial charge in [-0.05, 0) is 0 Å². The van der Waals surface area contributed by atoms with Gasteiger partial charge in [0.05, 0.1) is 0 Å². The summed E-state index contributed by atoms with van der Waals surface area (Å²) >= 11 is 0. The Hall–Kier alpha value is -1.92. The van der Waals surface area contributed by atoms with E-state index in [1.807, 2.05) is 0 Å². The molecule has 0 amide bonds. The lowest BCUT2D eigenvalue weighted by molar-refractivity contribution is 0.439. The second kappa shape index (κ2) is 3.13. The van der Waals surface area contributed by atoms with Crippen molar-refractivity contribution in [3.05, 3.63) is 0 Å². The highest BCUT2D eigenvalue weighted by Crippen LogP contribution is 1.71. The first kappa shape index (κ1) is 5.22. The van der Waals surface area contributed by atoms with Crippen LogP contribution in [0.1, 0.15) is 0 Å². The maximum atomic E-state index is 4.30. The van der Waals surface area contributed by atoms with Crippen molar-refractivity contribution in [2.75, 3.05) is 0 Å². The molecule has 0 bridgehead atoms. The van der Waals surface area contributed by atoms with Gasteiger partial charge in [0.25, 0.3) is 0 Å². The summed E-state index contributed by atoms with van der Waals surface area (Å²) in [5, 5.41) is 0. The first-order valence-electron chi connectivity index (χ1n) is 1.97. The third kappa shape index (κ3) is 2.02. The normalized spacial score (nSPS) is 10.7. The second-order valence-corrected chi connectivity index (χ2v) is 0.919. The fourth-order valence-corrected chi connectivity index (χ4v) is 0.202. The van der Waals surface area contributed by atoms with E-state index < -0.39 is 0 Å². The van der Waals surface area contributed by atoms with Gasteiger partial charge in [0.15, 0.2) is 36.6 Å². The van der Waals surface area contributed by atoms with Crippen LogP contribution in [0.4, 0.5) is 0 Å². The van der Waals surface area contributed by atoms with Crippen molar-refractivity contribution >= 4 is 0 Å². The SMILES string of the molecule is C1#COC#COC#CO1. The average molecular weight is 120 g/mol. The Morgan fingerprint density at radius 3 is 0.889 bits per heavy atom. The van der Waals surface area contributed by atoms with Crippen molar-refractivity contribution in [2.45, 2.75) is 0 Å². The number of rotatable bonds is 0. The predicted molar refractivity (Wildman–Crippen MR) is 26.6 cm³/mol. The Morgan fingerprint density at radius 2 is 0.667 bits per heavy atom. The highest BCUT2D eigenvalue weighted by Gasteiger charge is 1.72. The molecule has 1 aliphatic rings. The molecule has 0 saturated heterocycles. The highest BCUT2D eigenvalue weighted by atomic mass is 16.5. The van der Waals surface area contributed by atoms with Gasteiger partial charge in [0, 0.05) is 0 Å². The quantitative estimate of drug-likeness (QED) is 0.414. The monoisotopic (exact) mass is 120 g/mol. The lowest BCUT2D eigenvalue weighted by atomic mass is 11.1. The van der Waals surface area contributed by atoms with Gasteiger partial charge >= 0.3 is 0 Å². The molecule has 1 aliphatic heterocycles. The van der Waals surface area contributed by atoms with E-state index in [0.717, 1.165) is 0 Å². The number of hydrogen-bond acceptors (Lipinski definition) is 3. The van der Waals surface area contributed by atoms with Crippen molar-refractivity contribution in [1.82, 2.24) is 0 Å². The van der Waals surface area contributed by atoms with E-state index in [9.17, 15) is 0 Å². The smallest absolute Gasteiger partial charge is 0.175 e. The van der Waals surface area contributed by atoms with Gasteiger partial charge < -0.3 is 14.2 Å². The molecule has 0 spiro atoms. The van der Waals surface area contributed by atoms with Crippen LogP contribution in [0.2, 0.25) is 0 Å². The maximum Gasteiger partial charge on any atom is 0.175 e. The zero-order chi connectivity index (χ0) is 6.36. The molecular formula is C6O3. The van der Waals surface area contributed by atoms with Crippen LogP contribution in [-0.2, 0) is 14.2 Å². The minimum Gasteiger partial charge on any atom is -0.350 e. The summed E-state index contributed by atoms with van der Waals surface area (Å²) in [5.74, 6) is 0. The van der Waals surface area contributed by atoms with E-state index in [0.29, 0.717) is 0 Å². The summed E-state index contributed by atoms with van der Waals surface area (Å²) in [6.07, 6.45) is 12.6. The molecule has 1 rings (SSSR count). The summed E-state index contributed by atoms with van der Waals surface area (Å²) in [4.78, 5) is 0. The van der Waals surface area contributed by atoms with Crippen LogP contribution in [0.15, 0.2) is 0 Å². The summed E-state index contributed by atoms with van der Waals surface area (Å²) in [6, 6.07) is 0. The largest absolute Gasteiger partial charge is 0.350 e. The molecule has 0 unspecified atom stereocenters. The Morgan fingerprint density at radius 1 is 0.444 bits per heavy atom. The first-order valence-corrected chi connectivity index (χ1v) is 1.97. The van der Waals surface area contributed by atoms with Gasteiger partial charge in [0.2, 0.25) is 0 Å². The molecule has 0 atom stereocenters. The van der Waals surface area contributed by atoms with E-state index in [2.05, 4.69) is 50.8 Å². The van der Waals surface area contributed by atoms with Gasteiger partial charge in [0.1, 0.15) is 0 Å². The molecular weight excluding hydrogens is 120 g/mol. The number of ether oxygens (including phenoxy) is 3. The summed E-state index contributed by atoms with van der Waals surface area (Å²) in [6.45, 7) is 0. The van der Waals surface area contributed by atoms with Crippen molar-refractivity contribution < 1.29 is 14.2 Å². The van der Waals surface area contributed by atoms with Crippen molar-refractivity contribution in [3.8, 4) is 36.6 Å². The Labute approximate surface area is 51.9 Å². The van der Waals surface area contributed by atoms with Gasteiger partial charge in [-0.25, -0.2) is 0 Å². The van der Waals surface area contributed by atoms with E-state index >= 15 is 0 Å². The van der Waals surface area contributed by atoms with Gasteiger partial charge in [-0.15, -0.1) is 0 Å². The third-order valence-corrected chi connectivity index (χ3v) is 0.431. The molecule has 0 radical (unpaired) electrons. The maximum absolute atomic E-state index is 4.30. The zero-order valence-electron chi connectivity index (χ0n) is 4.22.